The predicted molar refractivity (Wildman–Crippen MR) is 71.4 cm³/mol. The fraction of sp³-hybridized carbons (Fsp3) is 0.643. The maximum atomic E-state index is 12.0. The smallest absolute Gasteiger partial charge is 0.348 e. The zero-order valence-corrected chi connectivity index (χ0v) is 12.0. The van der Waals surface area contributed by atoms with Crippen LogP contribution in [0.25, 0.3) is 0 Å². The number of fused-ring (bicyclic) bond motifs is 2. The van der Waals surface area contributed by atoms with Gasteiger partial charge in [0, 0.05) is 16.9 Å². The van der Waals surface area contributed by atoms with Crippen LogP contribution in [0.5, 0.6) is 0 Å². The van der Waals surface area contributed by atoms with E-state index in [1.807, 2.05) is 19.9 Å². The summed E-state index contributed by atoms with van der Waals surface area (Å²) < 4.78 is 16.9. The Balaban J connectivity index is 1.91. The maximum Gasteiger partial charge on any atom is 0.348 e. The number of carbonyl (C=O) groups excluding carboxylic acids is 1. The third-order valence-corrected chi connectivity index (χ3v) is 4.60. The number of hydrogen-bond donors (Lipinski definition) is 0. The van der Waals surface area contributed by atoms with E-state index in [-0.39, 0.29) is 12.1 Å². The van der Waals surface area contributed by atoms with E-state index in [0.717, 1.165) is 24.8 Å². The highest BCUT2D eigenvalue weighted by molar-refractivity contribution is 7.14. The molecule has 2 aliphatic rings. The summed E-state index contributed by atoms with van der Waals surface area (Å²) in [4.78, 5) is 13.8. The van der Waals surface area contributed by atoms with Crippen molar-refractivity contribution >= 4 is 17.3 Å². The lowest BCUT2D eigenvalue weighted by Gasteiger charge is -2.31. The third kappa shape index (κ3) is 2.30. The van der Waals surface area contributed by atoms with Gasteiger partial charge in [-0.1, -0.05) is 0 Å². The van der Waals surface area contributed by atoms with Gasteiger partial charge in [0.25, 0.3) is 0 Å². The molecule has 1 fully saturated rings. The molecule has 19 heavy (non-hydrogen) atoms. The van der Waals surface area contributed by atoms with Gasteiger partial charge < -0.3 is 14.2 Å². The maximum absolute atomic E-state index is 12.0. The van der Waals surface area contributed by atoms with Crippen LogP contribution in [0.2, 0.25) is 0 Å². The fourth-order valence-electron chi connectivity index (χ4n) is 2.68. The monoisotopic (exact) mass is 282 g/mol. The molecule has 1 saturated heterocycles. The van der Waals surface area contributed by atoms with Crippen molar-refractivity contribution in [3.63, 3.8) is 0 Å². The summed E-state index contributed by atoms with van der Waals surface area (Å²) in [6, 6.07) is 1.90. The van der Waals surface area contributed by atoms with Crippen molar-refractivity contribution in [3.05, 3.63) is 21.4 Å². The van der Waals surface area contributed by atoms with Crippen LogP contribution in [-0.2, 0) is 26.4 Å². The second-order valence-corrected chi connectivity index (χ2v) is 6.34. The molecule has 1 aliphatic heterocycles. The van der Waals surface area contributed by atoms with Crippen molar-refractivity contribution in [2.24, 2.45) is 0 Å². The minimum atomic E-state index is -0.597. The largest absolute Gasteiger partial charge is 0.459 e. The Morgan fingerprint density at radius 2 is 2.16 bits per heavy atom. The zero-order chi connectivity index (χ0) is 13.5. The molecule has 4 nitrogen and oxygen atoms in total. The van der Waals surface area contributed by atoms with Gasteiger partial charge in [-0.3, -0.25) is 0 Å². The molecule has 0 aromatic carbocycles. The van der Waals surface area contributed by atoms with E-state index in [0.29, 0.717) is 18.1 Å². The van der Waals surface area contributed by atoms with Crippen molar-refractivity contribution in [2.75, 3.05) is 13.2 Å². The first-order valence-corrected chi connectivity index (χ1v) is 7.54. The highest BCUT2D eigenvalue weighted by atomic mass is 32.1. The summed E-state index contributed by atoms with van der Waals surface area (Å²) in [5.41, 5.74) is 1.04. The number of ether oxygens (including phenoxy) is 3. The molecule has 1 spiro atoms. The van der Waals surface area contributed by atoms with Crippen LogP contribution >= 0.6 is 11.3 Å². The summed E-state index contributed by atoms with van der Waals surface area (Å²) in [5, 5.41) is 0. The van der Waals surface area contributed by atoms with Crippen molar-refractivity contribution in [1.82, 2.24) is 0 Å². The molecule has 0 radical (unpaired) electrons. The van der Waals surface area contributed by atoms with Crippen LogP contribution in [0.1, 0.15) is 46.8 Å². The Hall–Kier alpha value is -0.910. The van der Waals surface area contributed by atoms with Gasteiger partial charge >= 0.3 is 5.97 Å². The molecule has 5 heteroatoms. The molecule has 1 aromatic heterocycles. The molecule has 0 N–H and O–H groups in total. The van der Waals surface area contributed by atoms with Crippen LogP contribution < -0.4 is 0 Å². The van der Waals surface area contributed by atoms with Gasteiger partial charge in [0.05, 0.1) is 19.3 Å². The molecule has 0 saturated carbocycles. The molecule has 1 aliphatic carbocycles. The van der Waals surface area contributed by atoms with Crippen LogP contribution in [0.4, 0.5) is 0 Å². The third-order valence-electron chi connectivity index (χ3n) is 3.43. The molecule has 2 heterocycles. The standard InChI is InChI=1S/C14H18O4S/c1-9(2)18-13(15)12-8-10-11(19-12)4-3-5-14(10)16-6-7-17-14/h8-9H,3-7H2,1-2H3. The molecular formula is C14H18O4S. The highest BCUT2D eigenvalue weighted by Gasteiger charge is 2.43. The highest BCUT2D eigenvalue weighted by Crippen LogP contribution is 2.45. The SMILES string of the molecule is CC(C)OC(=O)c1cc2c(s1)CCCC21OCCO1. The zero-order valence-electron chi connectivity index (χ0n) is 11.2. The lowest BCUT2D eigenvalue weighted by atomic mass is 9.92. The van der Waals surface area contributed by atoms with Crippen molar-refractivity contribution < 1.29 is 19.0 Å². The van der Waals surface area contributed by atoms with Crippen molar-refractivity contribution in [1.29, 1.82) is 0 Å². The Labute approximate surface area is 116 Å². The predicted octanol–water partition coefficient (Wildman–Crippen LogP) is 2.85. The lowest BCUT2D eigenvalue weighted by molar-refractivity contribution is -0.175. The summed E-state index contributed by atoms with van der Waals surface area (Å²) in [7, 11) is 0. The van der Waals surface area contributed by atoms with Gasteiger partial charge in [0.15, 0.2) is 5.79 Å². The Morgan fingerprint density at radius 3 is 2.84 bits per heavy atom. The van der Waals surface area contributed by atoms with Crippen molar-refractivity contribution in [3.8, 4) is 0 Å². The van der Waals surface area contributed by atoms with Gasteiger partial charge in [-0.2, -0.15) is 0 Å². The van der Waals surface area contributed by atoms with Gasteiger partial charge in [0.1, 0.15) is 4.88 Å². The molecule has 3 rings (SSSR count). The van der Waals surface area contributed by atoms with E-state index >= 15 is 0 Å². The fourth-order valence-corrected chi connectivity index (χ4v) is 3.82. The first-order valence-electron chi connectivity index (χ1n) is 6.73. The second-order valence-electron chi connectivity index (χ2n) is 5.20. The number of carbonyl (C=O) groups is 1. The summed E-state index contributed by atoms with van der Waals surface area (Å²) in [5.74, 6) is -0.844. The van der Waals surface area contributed by atoms with Gasteiger partial charge in [-0.05, 0) is 32.8 Å². The minimum absolute atomic E-state index is 0.0976. The summed E-state index contributed by atoms with van der Waals surface area (Å²) in [6.07, 6.45) is 2.80. The Bertz CT molecular complexity index is 486. The number of rotatable bonds is 2. The first kappa shape index (κ1) is 13.1. The molecule has 1 aromatic rings. The van der Waals surface area contributed by atoms with Gasteiger partial charge in [0.2, 0.25) is 0 Å². The number of hydrogen-bond acceptors (Lipinski definition) is 5. The Kier molecular flexibility index (Phi) is 3.37. The second kappa shape index (κ2) is 4.89. The molecular weight excluding hydrogens is 264 g/mol. The quantitative estimate of drug-likeness (QED) is 0.782. The van der Waals surface area contributed by atoms with E-state index in [4.69, 9.17) is 14.2 Å². The number of thiophene rings is 1. The van der Waals surface area contributed by atoms with E-state index in [9.17, 15) is 4.79 Å². The van der Waals surface area contributed by atoms with E-state index in [2.05, 4.69) is 0 Å². The van der Waals surface area contributed by atoms with E-state index in [1.165, 1.54) is 16.2 Å². The minimum Gasteiger partial charge on any atom is -0.459 e. The summed E-state index contributed by atoms with van der Waals surface area (Å²) in [6.45, 7) is 4.97. The molecule has 0 bridgehead atoms. The first-order chi connectivity index (χ1) is 9.11. The van der Waals surface area contributed by atoms with Gasteiger partial charge in [-0.15, -0.1) is 11.3 Å². The molecule has 0 amide bonds. The van der Waals surface area contributed by atoms with Crippen molar-refractivity contribution in [2.45, 2.75) is 45.0 Å². The number of aryl methyl sites for hydroxylation is 1. The summed E-state index contributed by atoms with van der Waals surface area (Å²) >= 11 is 1.51. The van der Waals surface area contributed by atoms with Crippen LogP contribution in [0.3, 0.4) is 0 Å². The van der Waals surface area contributed by atoms with Crippen LogP contribution in [0.15, 0.2) is 6.07 Å². The molecule has 104 valence electrons. The van der Waals surface area contributed by atoms with E-state index < -0.39 is 5.79 Å². The lowest BCUT2D eigenvalue weighted by Crippen LogP contribution is -2.30. The number of esters is 1. The van der Waals surface area contributed by atoms with Crippen LogP contribution in [-0.4, -0.2) is 25.3 Å². The van der Waals surface area contributed by atoms with Gasteiger partial charge in [-0.25, -0.2) is 4.79 Å². The van der Waals surface area contributed by atoms with Crippen LogP contribution in [0, 0.1) is 0 Å². The molecule has 0 unspecified atom stereocenters. The Morgan fingerprint density at radius 1 is 1.42 bits per heavy atom. The average molecular weight is 282 g/mol. The normalized spacial score (nSPS) is 20.8. The average Bonchev–Trinajstić information content (AvgIpc) is 2.96. The topological polar surface area (TPSA) is 44.8 Å². The molecule has 0 atom stereocenters. The van der Waals surface area contributed by atoms with E-state index in [1.54, 1.807) is 0 Å².